The lowest BCUT2D eigenvalue weighted by Crippen LogP contribution is -2.42. The van der Waals surface area contributed by atoms with Crippen LogP contribution in [0, 0.1) is 0 Å². The van der Waals surface area contributed by atoms with Crippen molar-refractivity contribution in [3.8, 4) is 17.2 Å². The number of nitrogens with one attached hydrogen (secondary N) is 1. The highest BCUT2D eigenvalue weighted by atomic mass is 31.1. The number of amides is 1. The zero-order valence-electron chi connectivity index (χ0n) is 18.3. The predicted molar refractivity (Wildman–Crippen MR) is 131 cm³/mol. The van der Waals surface area contributed by atoms with E-state index in [0.717, 1.165) is 37.4 Å². The molecule has 0 saturated carbocycles. The fourth-order valence-corrected chi connectivity index (χ4v) is 6.54. The van der Waals surface area contributed by atoms with E-state index in [-0.39, 0.29) is 11.9 Å². The summed E-state index contributed by atoms with van der Waals surface area (Å²) in [4.78, 5) is 22.2. The first kappa shape index (κ1) is 20.5. The molecule has 2 aliphatic rings. The minimum absolute atomic E-state index is 0.00291. The highest BCUT2D eigenvalue weighted by Crippen LogP contribution is 2.43. The molecule has 5 heterocycles. The van der Waals surface area contributed by atoms with Gasteiger partial charge in [0.05, 0.1) is 23.1 Å². The van der Waals surface area contributed by atoms with Crippen LogP contribution < -0.4 is 5.32 Å². The lowest BCUT2D eigenvalue weighted by atomic mass is 9.95. The van der Waals surface area contributed by atoms with E-state index < -0.39 is 0 Å². The van der Waals surface area contributed by atoms with Crippen LogP contribution in [-0.2, 0) is 0 Å². The van der Waals surface area contributed by atoms with Crippen LogP contribution in [0.15, 0.2) is 67.0 Å². The number of hydrogen-bond donors (Lipinski definition) is 1. The third kappa shape index (κ3) is 3.62. The van der Waals surface area contributed by atoms with Gasteiger partial charge in [-0.25, -0.2) is 9.67 Å². The Hall–Kier alpha value is -3.15. The van der Waals surface area contributed by atoms with E-state index in [4.69, 9.17) is 4.98 Å². The van der Waals surface area contributed by atoms with Crippen molar-refractivity contribution in [2.24, 2.45) is 0 Å². The molecule has 2 saturated heterocycles. The number of rotatable bonds is 5. The van der Waals surface area contributed by atoms with E-state index >= 15 is 0 Å². The molecule has 4 atom stereocenters. The van der Waals surface area contributed by atoms with E-state index in [1.165, 1.54) is 12.8 Å². The average Bonchev–Trinajstić information content (AvgIpc) is 3.56. The number of fused-ring (bicyclic) bond motifs is 3. The van der Waals surface area contributed by atoms with Gasteiger partial charge in [0, 0.05) is 35.3 Å². The Bertz CT molecular complexity index is 1320. The maximum atomic E-state index is 13.0. The van der Waals surface area contributed by atoms with E-state index in [1.807, 2.05) is 54.6 Å². The molecule has 2 aliphatic heterocycles. The van der Waals surface area contributed by atoms with Crippen molar-refractivity contribution in [3.05, 3.63) is 72.6 Å². The van der Waals surface area contributed by atoms with Gasteiger partial charge < -0.3 is 5.32 Å². The fourth-order valence-electron chi connectivity index (χ4n) is 5.30. The summed E-state index contributed by atoms with van der Waals surface area (Å²) in [6.45, 7) is 2.24. The molecular formula is C25H25N6OP. The molecule has 7 nitrogen and oxygen atoms in total. The summed E-state index contributed by atoms with van der Waals surface area (Å²) in [6, 6.07) is 18.7. The fraction of sp³-hybridized carbons (Fsp3) is 0.280. The summed E-state index contributed by atoms with van der Waals surface area (Å²) in [5.41, 5.74) is 3.19. The third-order valence-corrected chi connectivity index (χ3v) is 8.03. The predicted octanol–water partition coefficient (Wildman–Crippen LogP) is 4.04. The third-order valence-electron chi connectivity index (χ3n) is 6.82. The normalized spacial score (nSPS) is 22.5. The van der Waals surface area contributed by atoms with E-state index in [2.05, 4.69) is 26.7 Å². The Balaban J connectivity index is 1.25. The van der Waals surface area contributed by atoms with Gasteiger partial charge in [-0.05, 0) is 68.4 Å². The van der Waals surface area contributed by atoms with Crippen LogP contribution in [0.5, 0.6) is 0 Å². The second-order valence-electron chi connectivity index (χ2n) is 8.67. The summed E-state index contributed by atoms with van der Waals surface area (Å²) >= 11 is 0. The first-order chi connectivity index (χ1) is 16.2. The summed E-state index contributed by atoms with van der Waals surface area (Å²) in [5.74, 6) is 0.713. The van der Waals surface area contributed by atoms with Crippen molar-refractivity contribution in [3.63, 3.8) is 0 Å². The van der Waals surface area contributed by atoms with Gasteiger partial charge >= 0.3 is 0 Å². The Kier molecular flexibility index (Phi) is 5.16. The molecule has 1 aromatic carbocycles. The number of aromatic nitrogens is 4. The molecule has 0 spiro atoms. The van der Waals surface area contributed by atoms with Crippen LogP contribution in [0.3, 0.4) is 0 Å². The second-order valence-corrected chi connectivity index (χ2v) is 9.63. The Morgan fingerprint density at radius 2 is 2.00 bits per heavy atom. The quantitative estimate of drug-likeness (QED) is 0.459. The molecule has 0 radical (unpaired) electrons. The van der Waals surface area contributed by atoms with Crippen LogP contribution in [0.2, 0.25) is 0 Å². The zero-order valence-corrected chi connectivity index (χ0v) is 19.3. The molecule has 2 bridgehead atoms. The van der Waals surface area contributed by atoms with Gasteiger partial charge in [0.1, 0.15) is 0 Å². The van der Waals surface area contributed by atoms with Crippen molar-refractivity contribution in [1.82, 2.24) is 29.7 Å². The lowest BCUT2D eigenvalue weighted by Gasteiger charge is -2.23. The topological polar surface area (TPSA) is 75.9 Å². The van der Waals surface area contributed by atoms with Crippen LogP contribution in [0.1, 0.15) is 29.6 Å². The molecule has 3 aromatic heterocycles. The van der Waals surface area contributed by atoms with Gasteiger partial charge in [-0.15, -0.1) is 0 Å². The largest absolute Gasteiger partial charge is 0.348 e. The number of hydrogen-bond acceptors (Lipinski definition) is 5. The number of carbonyl (C=O) groups is 1. The van der Waals surface area contributed by atoms with E-state index in [9.17, 15) is 4.79 Å². The van der Waals surface area contributed by atoms with Gasteiger partial charge in [0.2, 0.25) is 0 Å². The van der Waals surface area contributed by atoms with Gasteiger partial charge in [-0.1, -0.05) is 20.9 Å². The number of benzene rings is 1. The van der Waals surface area contributed by atoms with Crippen molar-refractivity contribution in [1.29, 1.82) is 0 Å². The Labute approximate surface area is 194 Å². The summed E-state index contributed by atoms with van der Waals surface area (Å²) in [5, 5.41) is 8.76. The van der Waals surface area contributed by atoms with Crippen molar-refractivity contribution >= 4 is 25.5 Å². The van der Waals surface area contributed by atoms with Crippen LogP contribution >= 0.6 is 8.73 Å². The SMILES string of the molecule is CPN1[C@H]2CC[C@@H]1[C@H](NC(=O)c1ccc3c(cnn3-c3cccc(-c4ccccn4)n3)c1)C2. The molecular weight excluding hydrogens is 431 g/mol. The molecule has 8 heteroatoms. The highest BCUT2D eigenvalue weighted by Gasteiger charge is 2.46. The average molecular weight is 456 g/mol. The van der Waals surface area contributed by atoms with Gasteiger partial charge in [0.15, 0.2) is 5.82 Å². The maximum Gasteiger partial charge on any atom is 0.251 e. The molecule has 6 rings (SSSR count). The Morgan fingerprint density at radius 3 is 2.82 bits per heavy atom. The minimum atomic E-state index is -0.00291. The minimum Gasteiger partial charge on any atom is -0.348 e. The number of carbonyl (C=O) groups excluding carboxylic acids is 1. The number of pyridine rings is 2. The monoisotopic (exact) mass is 456 g/mol. The standard InChI is InChI=1S/C25H25N6OP/c1-33-31-18-9-11-23(31)21(14-18)29-25(32)16-8-10-22-17(13-16)15-27-30(22)24-7-4-6-20(28-24)19-5-2-3-12-26-19/h2-8,10,12-13,15,18,21,23,33H,9,11,14H2,1H3,(H,29,32)/t18-,21+,23+/m0/s1. The van der Waals surface area contributed by atoms with Crippen molar-refractivity contribution in [2.75, 3.05) is 6.66 Å². The molecule has 1 unspecified atom stereocenters. The molecule has 2 fully saturated rings. The maximum absolute atomic E-state index is 13.0. The molecule has 166 valence electrons. The number of nitrogens with zero attached hydrogens (tertiary/aromatic N) is 5. The van der Waals surface area contributed by atoms with Crippen molar-refractivity contribution < 1.29 is 4.79 Å². The van der Waals surface area contributed by atoms with Crippen molar-refractivity contribution in [2.45, 2.75) is 37.4 Å². The zero-order chi connectivity index (χ0) is 22.4. The van der Waals surface area contributed by atoms with Gasteiger partial charge in [0.25, 0.3) is 5.91 Å². The molecule has 1 amide bonds. The van der Waals surface area contributed by atoms with Gasteiger partial charge in [-0.2, -0.15) is 5.10 Å². The lowest BCUT2D eigenvalue weighted by molar-refractivity contribution is 0.0929. The summed E-state index contributed by atoms with van der Waals surface area (Å²) in [7, 11) is 0.810. The van der Waals surface area contributed by atoms with E-state index in [0.29, 0.717) is 23.5 Å². The van der Waals surface area contributed by atoms with Crippen LogP contribution in [0.4, 0.5) is 0 Å². The molecule has 33 heavy (non-hydrogen) atoms. The van der Waals surface area contributed by atoms with Crippen LogP contribution in [-0.4, -0.2) is 55.1 Å². The molecule has 1 N–H and O–H groups in total. The molecule has 4 aromatic rings. The van der Waals surface area contributed by atoms with Crippen LogP contribution in [0.25, 0.3) is 28.1 Å². The summed E-state index contributed by atoms with van der Waals surface area (Å²) < 4.78 is 4.38. The molecule has 0 aliphatic carbocycles. The van der Waals surface area contributed by atoms with Gasteiger partial charge in [-0.3, -0.25) is 14.4 Å². The Morgan fingerprint density at radius 1 is 1.09 bits per heavy atom. The highest BCUT2D eigenvalue weighted by molar-refractivity contribution is 7.34. The summed E-state index contributed by atoms with van der Waals surface area (Å²) in [6.07, 6.45) is 7.07. The van der Waals surface area contributed by atoms with E-state index in [1.54, 1.807) is 17.1 Å². The smallest absolute Gasteiger partial charge is 0.251 e. The first-order valence-corrected chi connectivity index (χ1v) is 12.8. The second kappa shape index (κ2) is 8.32. The first-order valence-electron chi connectivity index (χ1n) is 11.3.